The topological polar surface area (TPSA) is 63.2 Å². The van der Waals surface area contributed by atoms with Crippen LogP contribution in [0.15, 0.2) is 36.4 Å². The number of hydrogen-bond acceptors (Lipinski definition) is 6. The predicted molar refractivity (Wildman–Crippen MR) is 104 cm³/mol. The molecule has 0 saturated heterocycles. The molecule has 0 N–H and O–H groups in total. The smallest absolute Gasteiger partial charge is 0.338 e. The highest BCUT2D eigenvalue weighted by Crippen LogP contribution is 2.48. The maximum atomic E-state index is 12.2. The molecule has 6 heteroatoms. The fourth-order valence-electron chi connectivity index (χ4n) is 3.81. The van der Waals surface area contributed by atoms with Crippen LogP contribution in [0.4, 0.5) is 0 Å². The van der Waals surface area contributed by atoms with Crippen molar-refractivity contribution in [1.29, 1.82) is 0 Å². The van der Waals surface area contributed by atoms with E-state index >= 15 is 0 Å². The number of carbonyl (C=O) groups is 1. The molecule has 3 aliphatic rings. The van der Waals surface area contributed by atoms with Crippen molar-refractivity contribution in [3.63, 3.8) is 0 Å². The van der Waals surface area contributed by atoms with E-state index in [9.17, 15) is 4.79 Å². The largest absolute Gasteiger partial charge is 0.457 e. The van der Waals surface area contributed by atoms with Gasteiger partial charge in [0.15, 0.2) is 23.0 Å². The van der Waals surface area contributed by atoms with Crippen LogP contribution in [0.1, 0.15) is 30.8 Å². The summed E-state index contributed by atoms with van der Waals surface area (Å²) in [5.74, 6) is 2.48. The van der Waals surface area contributed by atoms with Gasteiger partial charge in [0.1, 0.15) is 6.61 Å². The Bertz CT molecular complexity index is 1120. The van der Waals surface area contributed by atoms with Crippen molar-refractivity contribution in [1.82, 2.24) is 0 Å². The van der Waals surface area contributed by atoms with Crippen LogP contribution in [-0.2, 0) is 11.3 Å². The first-order valence-electron chi connectivity index (χ1n) is 8.25. The van der Waals surface area contributed by atoms with Crippen LogP contribution in [-0.4, -0.2) is 19.6 Å². The quantitative estimate of drug-likeness (QED) is 0.559. The van der Waals surface area contributed by atoms with E-state index in [1.54, 1.807) is 0 Å². The summed E-state index contributed by atoms with van der Waals surface area (Å²) in [6.07, 6.45) is 0. The van der Waals surface area contributed by atoms with E-state index in [-0.39, 0.29) is 41.0 Å². The molecule has 144 valence electrons. The highest BCUT2D eigenvalue weighted by Gasteiger charge is 2.30. The molecule has 3 heterocycles. The number of cyclic esters (lactones) is 1. The normalized spacial score (nSPS) is 14.9. The van der Waals surface area contributed by atoms with Crippen LogP contribution in [0.5, 0.6) is 23.0 Å². The monoisotopic (exact) mass is 380 g/mol. The summed E-state index contributed by atoms with van der Waals surface area (Å²) < 4.78 is 27.5. The van der Waals surface area contributed by atoms with Crippen LogP contribution in [0, 0.1) is 0 Å². The Kier molecular flexibility index (Phi) is 4.07. The summed E-state index contributed by atoms with van der Waals surface area (Å²) in [6, 6.07) is 11.4. The van der Waals surface area contributed by atoms with Gasteiger partial charge in [-0.25, -0.2) is 4.79 Å². The Balaban J connectivity index is 0.000000961. The highest BCUT2D eigenvalue weighted by atomic mass is 16.7. The van der Waals surface area contributed by atoms with Gasteiger partial charge in [-0.1, -0.05) is 27.0 Å². The molecule has 0 radical (unpaired) electrons. The molecule has 0 saturated carbocycles. The lowest BCUT2D eigenvalue weighted by atomic mass is 9.90. The number of hydrogen-bond donors (Lipinski definition) is 0. The minimum atomic E-state index is -0.304. The molecule has 0 unspecified atom stereocenters. The Labute approximate surface area is 162 Å². The zero-order chi connectivity index (χ0) is 17.3. The predicted octanol–water partition coefficient (Wildman–Crippen LogP) is 4.91. The van der Waals surface area contributed by atoms with Gasteiger partial charge in [0, 0.05) is 16.5 Å². The SMILES string of the molecule is C.C.O=C1OCc2c1cc1ccc3c(c1c2-c1ccc2c(c1)OCO2)OCO3. The van der Waals surface area contributed by atoms with Crippen LogP contribution in [0.25, 0.3) is 21.9 Å². The first kappa shape index (κ1) is 18.0. The van der Waals surface area contributed by atoms with Gasteiger partial charge in [-0.2, -0.15) is 0 Å². The number of esters is 1. The lowest BCUT2D eigenvalue weighted by molar-refractivity contribution is 0.0535. The van der Waals surface area contributed by atoms with E-state index in [2.05, 4.69) is 0 Å². The van der Waals surface area contributed by atoms with Crippen LogP contribution in [0.2, 0.25) is 0 Å². The first-order chi connectivity index (χ1) is 12.8. The van der Waals surface area contributed by atoms with Crippen molar-refractivity contribution < 1.29 is 28.5 Å². The molecule has 3 aliphatic heterocycles. The molecule has 6 rings (SSSR count). The van der Waals surface area contributed by atoms with Gasteiger partial charge in [-0.05, 0) is 35.2 Å². The molecular formula is C22H20O6. The van der Waals surface area contributed by atoms with E-state index in [4.69, 9.17) is 23.7 Å². The van der Waals surface area contributed by atoms with Crippen molar-refractivity contribution in [2.24, 2.45) is 0 Å². The Morgan fingerprint density at radius 2 is 1.50 bits per heavy atom. The molecule has 0 amide bonds. The first-order valence-corrected chi connectivity index (χ1v) is 8.25. The number of carbonyl (C=O) groups excluding carboxylic acids is 1. The molecule has 6 nitrogen and oxygen atoms in total. The van der Waals surface area contributed by atoms with E-state index in [1.165, 1.54) is 0 Å². The van der Waals surface area contributed by atoms with Crippen molar-refractivity contribution >= 4 is 16.7 Å². The molecule has 0 aromatic heterocycles. The molecule has 28 heavy (non-hydrogen) atoms. The maximum Gasteiger partial charge on any atom is 0.338 e. The standard InChI is InChI=1S/C20H12O6.2CH4/c21-20-12-5-10-2-4-15-19(26-9-24-15)18(10)17(13(12)7-22-20)11-1-3-14-16(6-11)25-8-23-14;;/h1-6H,7-9H2;2*1H4. The van der Waals surface area contributed by atoms with E-state index < -0.39 is 0 Å². The minimum Gasteiger partial charge on any atom is -0.457 e. The molecule has 0 fully saturated rings. The van der Waals surface area contributed by atoms with Gasteiger partial charge in [-0.15, -0.1) is 0 Å². The fraction of sp³-hybridized carbons (Fsp3) is 0.227. The van der Waals surface area contributed by atoms with Gasteiger partial charge in [0.05, 0.1) is 5.56 Å². The van der Waals surface area contributed by atoms with Crippen molar-refractivity contribution in [2.75, 3.05) is 13.6 Å². The zero-order valence-electron chi connectivity index (χ0n) is 13.5. The second-order valence-electron chi connectivity index (χ2n) is 6.32. The van der Waals surface area contributed by atoms with Crippen LogP contribution < -0.4 is 18.9 Å². The lowest BCUT2D eigenvalue weighted by Crippen LogP contribution is -1.97. The van der Waals surface area contributed by atoms with Crippen molar-refractivity contribution in [3.8, 4) is 34.1 Å². The van der Waals surface area contributed by atoms with Gasteiger partial charge >= 0.3 is 5.97 Å². The average Bonchev–Trinajstić information content (AvgIpc) is 3.39. The number of fused-ring (bicyclic) bond motifs is 5. The van der Waals surface area contributed by atoms with E-state index in [0.29, 0.717) is 28.6 Å². The van der Waals surface area contributed by atoms with Crippen molar-refractivity contribution in [2.45, 2.75) is 21.5 Å². The number of ether oxygens (including phenoxy) is 5. The fourth-order valence-corrected chi connectivity index (χ4v) is 3.81. The molecule has 0 bridgehead atoms. The maximum absolute atomic E-state index is 12.2. The molecular weight excluding hydrogens is 360 g/mol. The van der Waals surface area contributed by atoms with E-state index in [1.807, 2.05) is 36.4 Å². The van der Waals surface area contributed by atoms with Crippen molar-refractivity contribution in [3.05, 3.63) is 47.5 Å². The number of rotatable bonds is 1. The van der Waals surface area contributed by atoms with Crippen LogP contribution >= 0.6 is 0 Å². The van der Waals surface area contributed by atoms with E-state index in [0.717, 1.165) is 27.5 Å². The number of benzene rings is 3. The van der Waals surface area contributed by atoms with Gasteiger partial charge in [0.25, 0.3) is 0 Å². The third-order valence-corrected chi connectivity index (χ3v) is 4.98. The second kappa shape index (κ2) is 6.34. The minimum absolute atomic E-state index is 0. The third-order valence-electron chi connectivity index (χ3n) is 4.98. The summed E-state index contributed by atoms with van der Waals surface area (Å²) in [6.45, 7) is 0.625. The Hall–Kier alpha value is -3.41. The summed E-state index contributed by atoms with van der Waals surface area (Å²) in [4.78, 5) is 12.2. The molecule has 3 aromatic rings. The van der Waals surface area contributed by atoms with Crippen LogP contribution in [0.3, 0.4) is 0 Å². The Morgan fingerprint density at radius 1 is 0.750 bits per heavy atom. The lowest BCUT2D eigenvalue weighted by Gasteiger charge is -2.14. The van der Waals surface area contributed by atoms with Gasteiger partial charge < -0.3 is 23.7 Å². The summed E-state index contributed by atoms with van der Waals surface area (Å²) >= 11 is 0. The summed E-state index contributed by atoms with van der Waals surface area (Å²) in [5.41, 5.74) is 3.26. The average molecular weight is 380 g/mol. The zero-order valence-corrected chi connectivity index (χ0v) is 13.5. The second-order valence-corrected chi connectivity index (χ2v) is 6.32. The third kappa shape index (κ3) is 2.30. The van der Waals surface area contributed by atoms with Gasteiger partial charge in [0.2, 0.25) is 13.6 Å². The summed E-state index contributed by atoms with van der Waals surface area (Å²) in [7, 11) is 0. The Morgan fingerprint density at radius 3 is 2.39 bits per heavy atom. The van der Waals surface area contributed by atoms with Gasteiger partial charge in [-0.3, -0.25) is 0 Å². The summed E-state index contributed by atoms with van der Waals surface area (Å²) in [5, 5.41) is 1.82. The molecule has 0 aliphatic carbocycles. The molecule has 3 aromatic carbocycles. The molecule has 0 spiro atoms. The highest BCUT2D eigenvalue weighted by molar-refractivity contribution is 6.10. The molecule has 0 atom stereocenters.